The van der Waals surface area contributed by atoms with Crippen molar-refractivity contribution in [2.45, 2.75) is 33.1 Å². The molecular formula is C25H28N6O2. The summed E-state index contributed by atoms with van der Waals surface area (Å²) in [7, 11) is 0. The Balaban J connectivity index is 1.75. The molecule has 4 aromatic rings. The molecule has 2 aromatic carbocycles. The summed E-state index contributed by atoms with van der Waals surface area (Å²) in [5.74, 6) is 0.726. The Labute approximate surface area is 192 Å². The number of hydrogen-bond donors (Lipinski definition) is 2. The molecule has 2 heterocycles. The van der Waals surface area contributed by atoms with E-state index in [4.69, 9.17) is 20.4 Å². The van der Waals surface area contributed by atoms with Gasteiger partial charge in [0, 0.05) is 6.54 Å². The number of fused-ring (bicyclic) bond motifs is 2. The standard InChI is InChI=1S/C25H28N6O2/c1-3-5-8-15-27-25(32)21-22-24(30-20-10-7-6-9-19(20)29-22)31(23(21)26)28-16-17-11-13-18(14-12-17)33-4-2/h6-7,9-14,16H,3-5,8,15,26H2,1-2H3,(H,27,32)/b28-16-. The summed E-state index contributed by atoms with van der Waals surface area (Å²) in [6, 6.07) is 15.1. The van der Waals surface area contributed by atoms with Crippen LogP contribution in [0.3, 0.4) is 0 Å². The summed E-state index contributed by atoms with van der Waals surface area (Å²) in [5, 5.41) is 7.50. The predicted molar refractivity (Wildman–Crippen MR) is 132 cm³/mol. The molecule has 0 atom stereocenters. The number of carbonyl (C=O) groups excluding carboxylic acids is 1. The molecule has 0 saturated carbocycles. The quantitative estimate of drug-likeness (QED) is 0.294. The van der Waals surface area contributed by atoms with Crippen molar-refractivity contribution < 1.29 is 9.53 Å². The fourth-order valence-electron chi connectivity index (χ4n) is 3.59. The second-order valence-corrected chi connectivity index (χ2v) is 7.67. The first-order valence-corrected chi connectivity index (χ1v) is 11.2. The molecule has 3 N–H and O–H groups in total. The van der Waals surface area contributed by atoms with Crippen LogP contribution in [0.5, 0.6) is 5.75 Å². The molecule has 0 fully saturated rings. The van der Waals surface area contributed by atoms with Gasteiger partial charge in [-0.05, 0) is 55.3 Å². The van der Waals surface area contributed by atoms with Gasteiger partial charge in [0.15, 0.2) is 5.65 Å². The highest BCUT2D eigenvalue weighted by atomic mass is 16.5. The minimum Gasteiger partial charge on any atom is -0.494 e. The topological polar surface area (TPSA) is 107 Å². The summed E-state index contributed by atoms with van der Waals surface area (Å²) in [4.78, 5) is 22.4. The molecule has 33 heavy (non-hydrogen) atoms. The van der Waals surface area contributed by atoms with Crippen molar-refractivity contribution in [2.24, 2.45) is 5.10 Å². The maximum atomic E-state index is 13.0. The zero-order valence-corrected chi connectivity index (χ0v) is 18.9. The number of ether oxygens (including phenoxy) is 1. The van der Waals surface area contributed by atoms with E-state index < -0.39 is 0 Å². The van der Waals surface area contributed by atoms with E-state index in [0.717, 1.165) is 30.6 Å². The number of benzene rings is 2. The van der Waals surface area contributed by atoms with Crippen LogP contribution in [0.1, 0.15) is 49.0 Å². The first kappa shape index (κ1) is 22.3. The van der Waals surface area contributed by atoms with Crippen LogP contribution in [0.4, 0.5) is 5.82 Å². The highest BCUT2D eigenvalue weighted by molar-refractivity contribution is 6.10. The van der Waals surface area contributed by atoms with Crippen LogP contribution in [0.15, 0.2) is 53.6 Å². The van der Waals surface area contributed by atoms with Crippen molar-refractivity contribution in [3.63, 3.8) is 0 Å². The van der Waals surface area contributed by atoms with E-state index in [1.165, 1.54) is 4.68 Å². The molecule has 0 radical (unpaired) electrons. The summed E-state index contributed by atoms with van der Waals surface area (Å²) in [5.41, 5.74) is 9.85. The average Bonchev–Trinajstić information content (AvgIpc) is 3.10. The van der Waals surface area contributed by atoms with Gasteiger partial charge >= 0.3 is 0 Å². The van der Waals surface area contributed by atoms with Crippen LogP contribution in [-0.2, 0) is 0 Å². The van der Waals surface area contributed by atoms with Crippen molar-refractivity contribution in [1.29, 1.82) is 0 Å². The number of unbranched alkanes of at least 4 members (excludes halogenated alkanes) is 2. The number of nitrogens with one attached hydrogen (secondary N) is 1. The van der Waals surface area contributed by atoms with Crippen LogP contribution in [0.25, 0.3) is 22.2 Å². The molecule has 0 aliphatic heterocycles. The molecule has 8 heteroatoms. The minimum absolute atomic E-state index is 0.204. The monoisotopic (exact) mass is 444 g/mol. The zero-order valence-electron chi connectivity index (χ0n) is 18.9. The fourth-order valence-corrected chi connectivity index (χ4v) is 3.59. The van der Waals surface area contributed by atoms with Crippen molar-refractivity contribution in [3.05, 3.63) is 59.7 Å². The van der Waals surface area contributed by atoms with E-state index in [-0.39, 0.29) is 11.7 Å². The Bertz CT molecular complexity index is 1290. The molecule has 0 bridgehead atoms. The minimum atomic E-state index is -0.270. The van der Waals surface area contributed by atoms with E-state index in [0.29, 0.717) is 40.9 Å². The number of nitrogens with two attached hydrogens (primary N) is 1. The summed E-state index contributed by atoms with van der Waals surface area (Å²) >= 11 is 0. The van der Waals surface area contributed by atoms with Crippen LogP contribution in [-0.4, -0.2) is 39.9 Å². The average molecular weight is 445 g/mol. The van der Waals surface area contributed by atoms with Crippen LogP contribution in [0.2, 0.25) is 0 Å². The molecule has 0 aliphatic rings. The SMILES string of the molecule is CCCCCNC(=O)c1c(N)n(/N=C\c2ccc(OCC)cc2)c2nc3ccccc3nc12. The van der Waals surface area contributed by atoms with Crippen molar-refractivity contribution in [1.82, 2.24) is 20.0 Å². The van der Waals surface area contributed by atoms with Gasteiger partial charge in [-0.15, -0.1) is 0 Å². The molecule has 0 unspecified atom stereocenters. The number of anilines is 1. The van der Waals surface area contributed by atoms with Crippen molar-refractivity contribution >= 4 is 40.1 Å². The maximum absolute atomic E-state index is 13.0. The van der Waals surface area contributed by atoms with Crippen LogP contribution in [0, 0.1) is 0 Å². The van der Waals surface area contributed by atoms with E-state index in [1.807, 2.05) is 55.5 Å². The highest BCUT2D eigenvalue weighted by Gasteiger charge is 2.23. The van der Waals surface area contributed by atoms with Gasteiger partial charge in [0.2, 0.25) is 0 Å². The van der Waals surface area contributed by atoms with Crippen molar-refractivity contribution in [3.8, 4) is 5.75 Å². The number of aromatic nitrogens is 3. The molecule has 170 valence electrons. The van der Waals surface area contributed by atoms with Gasteiger partial charge in [0.25, 0.3) is 5.91 Å². The second kappa shape index (κ2) is 10.1. The molecule has 2 aromatic heterocycles. The lowest BCUT2D eigenvalue weighted by Gasteiger charge is -2.05. The lowest BCUT2D eigenvalue weighted by atomic mass is 10.2. The Morgan fingerprint density at radius 2 is 1.82 bits per heavy atom. The third kappa shape index (κ3) is 4.79. The Morgan fingerprint density at radius 3 is 2.52 bits per heavy atom. The largest absolute Gasteiger partial charge is 0.494 e. The fraction of sp³-hybridized carbons (Fsp3) is 0.280. The number of rotatable bonds is 9. The summed E-state index contributed by atoms with van der Waals surface area (Å²) < 4.78 is 6.96. The summed E-state index contributed by atoms with van der Waals surface area (Å²) in [6.07, 6.45) is 4.71. The molecule has 0 spiro atoms. The molecule has 4 rings (SSSR count). The maximum Gasteiger partial charge on any atom is 0.257 e. The lowest BCUT2D eigenvalue weighted by molar-refractivity contribution is 0.0955. The molecular weight excluding hydrogens is 416 g/mol. The Kier molecular flexibility index (Phi) is 6.83. The van der Waals surface area contributed by atoms with Crippen LogP contribution >= 0.6 is 0 Å². The van der Waals surface area contributed by atoms with E-state index in [1.54, 1.807) is 6.21 Å². The van der Waals surface area contributed by atoms with Gasteiger partial charge in [-0.1, -0.05) is 31.9 Å². The molecule has 0 saturated heterocycles. The smallest absolute Gasteiger partial charge is 0.257 e. The van der Waals surface area contributed by atoms with E-state index >= 15 is 0 Å². The third-order valence-electron chi connectivity index (χ3n) is 5.28. The number of amides is 1. The normalized spacial score (nSPS) is 11.5. The van der Waals surface area contributed by atoms with Gasteiger partial charge in [-0.25, -0.2) is 9.97 Å². The number of nitrogens with zero attached hydrogens (tertiary/aromatic N) is 4. The van der Waals surface area contributed by atoms with Gasteiger partial charge in [-0.2, -0.15) is 9.78 Å². The van der Waals surface area contributed by atoms with Gasteiger partial charge in [-0.3, -0.25) is 4.79 Å². The first-order chi connectivity index (χ1) is 16.1. The predicted octanol–water partition coefficient (Wildman–Crippen LogP) is 4.37. The number of para-hydroxylation sites is 2. The number of hydrogen-bond acceptors (Lipinski definition) is 6. The summed E-state index contributed by atoms with van der Waals surface area (Å²) in [6.45, 7) is 5.25. The van der Waals surface area contributed by atoms with E-state index in [2.05, 4.69) is 17.3 Å². The molecule has 0 aliphatic carbocycles. The second-order valence-electron chi connectivity index (χ2n) is 7.67. The van der Waals surface area contributed by atoms with E-state index in [9.17, 15) is 4.79 Å². The van der Waals surface area contributed by atoms with Gasteiger partial charge in [0.05, 0.1) is 23.9 Å². The molecule has 1 amide bonds. The third-order valence-corrected chi connectivity index (χ3v) is 5.28. The van der Waals surface area contributed by atoms with Crippen LogP contribution < -0.4 is 15.8 Å². The highest BCUT2D eigenvalue weighted by Crippen LogP contribution is 2.28. The van der Waals surface area contributed by atoms with Gasteiger partial charge < -0.3 is 15.8 Å². The van der Waals surface area contributed by atoms with Gasteiger partial charge in [0.1, 0.15) is 22.6 Å². The first-order valence-electron chi connectivity index (χ1n) is 11.2. The Hall–Kier alpha value is -3.94. The Morgan fingerprint density at radius 1 is 1.09 bits per heavy atom. The lowest BCUT2D eigenvalue weighted by Crippen LogP contribution is -2.25. The zero-order chi connectivity index (χ0) is 23.2. The number of nitrogen functional groups attached to an aromatic ring is 1. The molecule has 8 nitrogen and oxygen atoms in total. The van der Waals surface area contributed by atoms with Crippen molar-refractivity contribution in [2.75, 3.05) is 18.9 Å². The number of carbonyl (C=O) groups is 1.